The summed E-state index contributed by atoms with van der Waals surface area (Å²) in [6, 6.07) is 17.3. The van der Waals surface area contributed by atoms with Crippen LogP contribution >= 0.6 is 15.9 Å². The smallest absolute Gasteiger partial charge is 0.295 e. The number of nitrogens with zero attached hydrogens (tertiary/aromatic N) is 1. The van der Waals surface area contributed by atoms with E-state index in [9.17, 15) is 19.8 Å². The van der Waals surface area contributed by atoms with Gasteiger partial charge in [-0.2, -0.15) is 0 Å². The molecule has 0 bridgehead atoms. The van der Waals surface area contributed by atoms with Gasteiger partial charge in [0.1, 0.15) is 17.6 Å². The van der Waals surface area contributed by atoms with E-state index in [1.807, 2.05) is 37.3 Å². The van der Waals surface area contributed by atoms with E-state index >= 15 is 0 Å². The highest BCUT2D eigenvalue weighted by Crippen LogP contribution is 2.44. The summed E-state index contributed by atoms with van der Waals surface area (Å²) in [6.45, 7) is 2.22. The van der Waals surface area contributed by atoms with Gasteiger partial charge in [-0.3, -0.25) is 9.59 Å². The zero-order valence-electron chi connectivity index (χ0n) is 20.4. The molecule has 1 fully saturated rings. The number of aliphatic hydroxyl groups excluding tert-OH is 1. The van der Waals surface area contributed by atoms with Gasteiger partial charge in [-0.1, -0.05) is 30.3 Å². The fourth-order valence-electron chi connectivity index (χ4n) is 4.98. The summed E-state index contributed by atoms with van der Waals surface area (Å²) in [6.07, 6.45) is 1.24. The Hall–Kier alpha value is -3.78. The maximum absolute atomic E-state index is 13.4. The van der Waals surface area contributed by atoms with E-state index in [-0.39, 0.29) is 35.5 Å². The predicted molar refractivity (Wildman–Crippen MR) is 142 cm³/mol. The Morgan fingerprint density at radius 2 is 1.89 bits per heavy atom. The van der Waals surface area contributed by atoms with Crippen LogP contribution in [0.5, 0.6) is 17.2 Å². The van der Waals surface area contributed by atoms with E-state index in [1.165, 1.54) is 12.0 Å². The zero-order valence-corrected chi connectivity index (χ0v) is 22.0. The number of ether oxygens (including phenoxy) is 2. The number of fused-ring (bicyclic) bond motifs is 1. The molecule has 2 atom stereocenters. The number of hydrogen-bond donors (Lipinski definition) is 2. The number of methoxy groups -OCH3 is 1. The molecule has 2 aliphatic heterocycles. The van der Waals surface area contributed by atoms with Gasteiger partial charge in [0.25, 0.3) is 11.7 Å². The average molecular weight is 564 g/mol. The van der Waals surface area contributed by atoms with Crippen molar-refractivity contribution < 1.29 is 29.3 Å². The Morgan fingerprint density at radius 1 is 1.14 bits per heavy atom. The lowest BCUT2D eigenvalue weighted by atomic mass is 9.94. The van der Waals surface area contributed by atoms with Crippen molar-refractivity contribution in [1.29, 1.82) is 0 Å². The summed E-state index contributed by atoms with van der Waals surface area (Å²) in [5, 5.41) is 21.8. The summed E-state index contributed by atoms with van der Waals surface area (Å²) in [5.41, 5.74) is 2.89. The number of Topliss-reactive ketones (excluding diaryl/α,β-unsaturated/α-hetero) is 1. The second kappa shape index (κ2) is 9.94. The van der Waals surface area contributed by atoms with Crippen molar-refractivity contribution in [3.63, 3.8) is 0 Å². The highest BCUT2D eigenvalue weighted by atomic mass is 79.9. The van der Waals surface area contributed by atoms with Crippen molar-refractivity contribution in [1.82, 2.24) is 4.90 Å². The van der Waals surface area contributed by atoms with Gasteiger partial charge in [-0.05, 0) is 76.3 Å². The third-order valence-corrected chi connectivity index (χ3v) is 7.38. The molecule has 0 spiro atoms. The molecular formula is C29H26BrNO6. The minimum Gasteiger partial charge on any atom is -0.507 e. The van der Waals surface area contributed by atoms with Gasteiger partial charge in [0.2, 0.25) is 0 Å². The lowest BCUT2D eigenvalue weighted by molar-refractivity contribution is -0.139. The van der Waals surface area contributed by atoms with Gasteiger partial charge in [0.05, 0.1) is 23.2 Å². The number of rotatable bonds is 6. The molecule has 37 heavy (non-hydrogen) atoms. The van der Waals surface area contributed by atoms with Crippen LogP contribution in [0.15, 0.2) is 70.7 Å². The molecule has 0 saturated carbocycles. The monoisotopic (exact) mass is 563 g/mol. The van der Waals surface area contributed by atoms with Gasteiger partial charge in [-0.15, -0.1) is 0 Å². The molecule has 1 amide bonds. The Morgan fingerprint density at radius 3 is 2.62 bits per heavy atom. The summed E-state index contributed by atoms with van der Waals surface area (Å²) >= 11 is 3.34. The maximum atomic E-state index is 13.4. The highest BCUT2D eigenvalue weighted by Gasteiger charge is 2.46. The third-order valence-electron chi connectivity index (χ3n) is 6.78. The number of carbonyl (C=O) groups is 2. The van der Waals surface area contributed by atoms with Crippen molar-refractivity contribution in [2.24, 2.45) is 0 Å². The number of phenolic OH excluding ortho intramolecular Hbond substituents is 1. The van der Waals surface area contributed by atoms with Gasteiger partial charge in [0.15, 0.2) is 11.5 Å². The number of halogens is 1. The molecule has 0 aromatic heterocycles. The second-order valence-electron chi connectivity index (χ2n) is 9.24. The van der Waals surface area contributed by atoms with Crippen LogP contribution in [-0.4, -0.2) is 46.6 Å². The quantitative estimate of drug-likeness (QED) is 0.244. The number of carbonyl (C=O) groups excluding carboxylic acids is 2. The Labute approximate surface area is 223 Å². The number of likely N-dealkylation sites (tertiary alicyclic amines) is 1. The largest absolute Gasteiger partial charge is 0.507 e. The second-order valence-corrected chi connectivity index (χ2v) is 10.1. The summed E-state index contributed by atoms with van der Waals surface area (Å²) in [4.78, 5) is 28.2. The topological polar surface area (TPSA) is 96.3 Å². The third kappa shape index (κ3) is 4.57. The van der Waals surface area contributed by atoms with Crippen molar-refractivity contribution in [3.8, 4) is 17.2 Å². The SMILES string of the molecule is COc1cc([C@H]2C(=C(O)c3ccc4c(c3)C[C@H](C)O4)C(=O)C(=O)N2CCc2ccccc2)cc(Br)c1O. The molecule has 2 heterocycles. The molecule has 3 aromatic rings. The number of benzene rings is 3. The molecule has 0 unspecified atom stereocenters. The number of amides is 1. The first-order chi connectivity index (χ1) is 17.8. The summed E-state index contributed by atoms with van der Waals surface area (Å²) in [7, 11) is 1.42. The van der Waals surface area contributed by atoms with Crippen LogP contribution in [-0.2, 0) is 22.4 Å². The standard InChI is InChI=1S/C29H26BrNO6/c1-16-12-19-13-18(8-9-22(19)37-16)26(32)24-25(20-14-21(30)27(33)23(15-20)36-2)31(29(35)28(24)34)11-10-17-6-4-3-5-7-17/h3-9,13-16,25,32-33H,10-12H2,1-2H3/t16-,25-/m0/s1. The number of aromatic hydroxyl groups is 1. The molecule has 0 aliphatic carbocycles. The Balaban J connectivity index is 1.62. The first-order valence-corrected chi connectivity index (χ1v) is 12.8. The van der Waals surface area contributed by atoms with E-state index in [0.29, 0.717) is 28.4 Å². The van der Waals surface area contributed by atoms with Crippen LogP contribution in [0.25, 0.3) is 5.76 Å². The number of ketones is 1. The molecule has 0 radical (unpaired) electrons. The molecule has 1 saturated heterocycles. The van der Waals surface area contributed by atoms with Crippen LogP contribution in [0.1, 0.15) is 35.2 Å². The lowest BCUT2D eigenvalue weighted by Crippen LogP contribution is -2.31. The number of phenols is 1. The summed E-state index contributed by atoms with van der Waals surface area (Å²) in [5.74, 6) is -0.873. The fourth-order valence-corrected chi connectivity index (χ4v) is 5.44. The van der Waals surface area contributed by atoms with Crippen LogP contribution < -0.4 is 9.47 Å². The van der Waals surface area contributed by atoms with Gasteiger partial charge < -0.3 is 24.6 Å². The van der Waals surface area contributed by atoms with Crippen molar-refractivity contribution in [2.75, 3.05) is 13.7 Å². The first kappa shape index (κ1) is 24.9. The molecule has 190 valence electrons. The van der Waals surface area contributed by atoms with Crippen LogP contribution in [0.3, 0.4) is 0 Å². The molecular weight excluding hydrogens is 538 g/mol. The van der Waals surface area contributed by atoms with Gasteiger partial charge >= 0.3 is 0 Å². The molecule has 7 nitrogen and oxygen atoms in total. The summed E-state index contributed by atoms with van der Waals surface area (Å²) < 4.78 is 11.4. The van der Waals surface area contributed by atoms with Crippen molar-refractivity contribution in [2.45, 2.75) is 31.9 Å². The van der Waals surface area contributed by atoms with E-state index < -0.39 is 17.7 Å². The van der Waals surface area contributed by atoms with E-state index in [4.69, 9.17) is 9.47 Å². The Bertz CT molecular complexity index is 1420. The predicted octanol–water partition coefficient (Wildman–Crippen LogP) is 5.15. The molecule has 3 aromatic carbocycles. The maximum Gasteiger partial charge on any atom is 0.295 e. The van der Waals surface area contributed by atoms with Gasteiger partial charge in [0, 0.05) is 18.5 Å². The molecule has 5 rings (SSSR count). The van der Waals surface area contributed by atoms with E-state index in [1.54, 1.807) is 30.3 Å². The van der Waals surface area contributed by atoms with Crippen molar-refractivity contribution >= 4 is 33.4 Å². The average Bonchev–Trinajstić information content (AvgIpc) is 3.39. The lowest BCUT2D eigenvalue weighted by Gasteiger charge is -2.26. The molecule has 2 aliphatic rings. The van der Waals surface area contributed by atoms with E-state index in [0.717, 1.165) is 16.9 Å². The number of aliphatic hydroxyl groups is 1. The minimum absolute atomic E-state index is 0.00961. The van der Waals surface area contributed by atoms with Crippen molar-refractivity contribution in [3.05, 3.63) is 93.0 Å². The fraction of sp³-hybridized carbons (Fsp3) is 0.241. The van der Waals surface area contributed by atoms with Crippen LogP contribution in [0.4, 0.5) is 0 Å². The number of hydrogen-bond acceptors (Lipinski definition) is 6. The zero-order chi connectivity index (χ0) is 26.3. The van der Waals surface area contributed by atoms with Gasteiger partial charge in [-0.25, -0.2) is 0 Å². The first-order valence-electron chi connectivity index (χ1n) is 12.0. The minimum atomic E-state index is -0.877. The van der Waals surface area contributed by atoms with Crippen LogP contribution in [0.2, 0.25) is 0 Å². The van der Waals surface area contributed by atoms with Crippen LogP contribution in [0, 0.1) is 0 Å². The molecule has 8 heteroatoms. The Kier molecular flexibility index (Phi) is 6.69. The molecule has 2 N–H and O–H groups in total. The highest BCUT2D eigenvalue weighted by molar-refractivity contribution is 9.10. The van der Waals surface area contributed by atoms with E-state index in [2.05, 4.69) is 15.9 Å². The normalized spacial score (nSPS) is 20.1.